The van der Waals surface area contributed by atoms with Gasteiger partial charge in [-0.05, 0) is 24.8 Å². The molecule has 124 valence electrons. The number of hydrogen-bond acceptors (Lipinski definition) is 7. The Kier molecular flexibility index (Phi) is 4.63. The molecule has 0 saturated heterocycles. The van der Waals surface area contributed by atoms with Gasteiger partial charge in [-0.3, -0.25) is 24.6 Å². The lowest BCUT2D eigenvalue weighted by atomic mass is 10.1. The third-order valence-electron chi connectivity index (χ3n) is 3.50. The fraction of sp³-hybridized carbons (Fsp3) is 0.267. The van der Waals surface area contributed by atoms with Crippen molar-refractivity contribution >= 4 is 46.0 Å². The molecule has 0 aliphatic carbocycles. The highest BCUT2D eigenvalue weighted by molar-refractivity contribution is 8.01. The highest BCUT2D eigenvalue weighted by atomic mass is 32.2. The van der Waals surface area contributed by atoms with Gasteiger partial charge < -0.3 is 0 Å². The minimum Gasteiger partial charge on any atom is -0.299 e. The van der Waals surface area contributed by atoms with Crippen molar-refractivity contribution in [3.63, 3.8) is 0 Å². The maximum absolute atomic E-state index is 12.4. The van der Waals surface area contributed by atoms with Crippen LogP contribution in [0.3, 0.4) is 0 Å². The molecule has 2 aromatic rings. The van der Waals surface area contributed by atoms with Gasteiger partial charge in [0.05, 0.1) is 11.1 Å². The summed E-state index contributed by atoms with van der Waals surface area (Å²) >= 11 is 2.78. The van der Waals surface area contributed by atoms with Crippen molar-refractivity contribution in [2.75, 3.05) is 11.1 Å². The van der Waals surface area contributed by atoms with Crippen LogP contribution in [0, 0.1) is 0 Å². The maximum Gasteiger partial charge on any atom is 0.262 e. The quantitative estimate of drug-likeness (QED) is 0.498. The Morgan fingerprint density at radius 1 is 1.25 bits per heavy atom. The van der Waals surface area contributed by atoms with E-state index in [1.54, 1.807) is 24.3 Å². The molecule has 0 fully saturated rings. The lowest BCUT2D eigenvalue weighted by Gasteiger charge is -2.20. The number of carbonyl (C=O) groups excluding carboxylic acids is 3. The van der Waals surface area contributed by atoms with E-state index >= 15 is 0 Å². The molecule has 1 aliphatic heterocycles. The summed E-state index contributed by atoms with van der Waals surface area (Å²) in [6, 6.07) is 5.60. The summed E-state index contributed by atoms with van der Waals surface area (Å²) in [5.41, 5.74) is 0.638. The Morgan fingerprint density at radius 3 is 2.46 bits per heavy atom. The fourth-order valence-corrected chi connectivity index (χ4v) is 3.98. The second kappa shape index (κ2) is 6.70. The molecular weight excluding hydrogens is 348 g/mol. The summed E-state index contributed by atoms with van der Waals surface area (Å²) in [6.45, 7) is 3.51. The zero-order valence-corrected chi connectivity index (χ0v) is 14.6. The standard InChI is InChI=1S/C15H14N4O3S2/c1-3-23-15-18-17-14(24-15)16-11(20)8(2)19-12(21)9-6-4-5-7-10(9)13(19)22/h4-8H,3H2,1-2H3,(H,16,17,20)/t8-/m0/s1. The highest BCUT2D eigenvalue weighted by Crippen LogP contribution is 2.27. The molecule has 24 heavy (non-hydrogen) atoms. The van der Waals surface area contributed by atoms with Crippen LogP contribution in [0.4, 0.5) is 5.13 Å². The van der Waals surface area contributed by atoms with Crippen molar-refractivity contribution in [2.45, 2.75) is 24.2 Å². The van der Waals surface area contributed by atoms with Crippen molar-refractivity contribution in [3.8, 4) is 0 Å². The van der Waals surface area contributed by atoms with Crippen LogP contribution in [0.15, 0.2) is 28.6 Å². The normalized spacial score (nSPS) is 14.7. The Balaban J connectivity index is 1.74. The molecule has 0 bridgehead atoms. The number of imide groups is 1. The number of amides is 3. The first-order valence-electron chi connectivity index (χ1n) is 7.27. The maximum atomic E-state index is 12.4. The van der Waals surface area contributed by atoms with Crippen molar-refractivity contribution in [2.24, 2.45) is 0 Å². The SMILES string of the molecule is CCSc1nnc(NC(=O)[C@H](C)N2C(=O)c3ccccc3C2=O)s1. The van der Waals surface area contributed by atoms with E-state index in [9.17, 15) is 14.4 Å². The molecule has 0 unspecified atom stereocenters. The number of carbonyl (C=O) groups is 3. The Labute approximate surface area is 146 Å². The number of thioether (sulfide) groups is 1. The molecule has 0 saturated carbocycles. The third-order valence-corrected chi connectivity index (χ3v) is 5.35. The zero-order chi connectivity index (χ0) is 17.3. The molecule has 2 heterocycles. The lowest BCUT2D eigenvalue weighted by molar-refractivity contribution is -0.119. The second-order valence-electron chi connectivity index (χ2n) is 5.00. The summed E-state index contributed by atoms with van der Waals surface area (Å²) in [6.07, 6.45) is 0. The van der Waals surface area contributed by atoms with E-state index in [0.29, 0.717) is 16.3 Å². The van der Waals surface area contributed by atoms with Crippen molar-refractivity contribution in [1.29, 1.82) is 0 Å². The number of benzene rings is 1. The van der Waals surface area contributed by atoms with Crippen LogP contribution in [0.1, 0.15) is 34.6 Å². The minimum absolute atomic E-state index is 0.319. The number of nitrogens with one attached hydrogen (secondary N) is 1. The van der Waals surface area contributed by atoms with Crippen LogP contribution in [0.5, 0.6) is 0 Å². The van der Waals surface area contributed by atoms with Gasteiger partial charge in [0.25, 0.3) is 11.8 Å². The van der Waals surface area contributed by atoms with Crippen LogP contribution >= 0.6 is 23.1 Å². The van der Waals surface area contributed by atoms with Gasteiger partial charge in [-0.25, -0.2) is 0 Å². The number of rotatable bonds is 5. The van der Waals surface area contributed by atoms with Crippen LogP contribution < -0.4 is 5.32 Å². The average molecular weight is 362 g/mol. The number of aromatic nitrogens is 2. The number of nitrogens with zero attached hydrogens (tertiary/aromatic N) is 3. The molecule has 1 atom stereocenters. The van der Waals surface area contributed by atoms with E-state index in [-0.39, 0.29) is 0 Å². The summed E-state index contributed by atoms with van der Waals surface area (Å²) < 4.78 is 0.751. The molecule has 1 aromatic carbocycles. The van der Waals surface area contributed by atoms with E-state index in [0.717, 1.165) is 15.0 Å². The van der Waals surface area contributed by atoms with Crippen molar-refractivity contribution in [1.82, 2.24) is 15.1 Å². The topological polar surface area (TPSA) is 92.3 Å². The van der Waals surface area contributed by atoms with Gasteiger partial charge in [0.1, 0.15) is 6.04 Å². The van der Waals surface area contributed by atoms with Gasteiger partial charge in [-0.1, -0.05) is 42.2 Å². The van der Waals surface area contributed by atoms with Gasteiger partial charge in [0.15, 0.2) is 4.34 Å². The number of anilines is 1. The van der Waals surface area contributed by atoms with Crippen molar-refractivity contribution < 1.29 is 14.4 Å². The van der Waals surface area contributed by atoms with Gasteiger partial charge in [0.2, 0.25) is 11.0 Å². The van der Waals surface area contributed by atoms with Crippen LogP contribution in [0.2, 0.25) is 0 Å². The van der Waals surface area contributed by atoms with Gasteiger partial charge in [-0.2, -0.15) is 0 Å². The molecule has 7 nitrogen and oxygen atoms in total. The van der Waals surface area contributed by atoms with E-state index in [1.807, 2.05) is 6.92 Å². The van der Waals surface area contributed by atoms with Crippen LogP contribution in [-0.4, -0.2) is 44.6 Å². The Hall–Kier alpha value is -2.26. The fourth-order valence-electron chi connectivity index (χ4n) is 2.33. The smallest absolute Gasteiger partial charge is 0.262 e. The second-order valence-corrected chi connectivity index (χ2v) is 7.49. The van der Waals surface area contributed by atoms with E-state index in [2.05, 4.69) is 15.5 Å². The Morgan fingerprint density at radius 2 is 1.88 bits per heavy atom. The first kappa shape index (κ1) is 16.6. The summed E-state index contributed by atoms with van der Waals surface area (Å²) in [4.78, 5) is 38.1. The molecular formula is C15H14N4O3S2. The molecule has 3 amide bonds. The molecule has 3 rings (SSSR count). The summed E-state index contributed by atoms with van der Waals surface area (Å²) in [5.74, 6) is -0.544. The molecule has 0 radical (unpaired) electrons. The average Bonchev–Trinajstić information content (AvgIpc) is 3.11. The van der Waals surface area contributed by atoms with Crippen LogP contribution in [0.25, 0.3) is 0 Å². The predicted octanol–water partition coefficient (Wildman–Crippen LogP) is 2.27. The highest BCUT2D eigenvalue weighted by Gasteiger charge is 2.40. The van der Waals surface area contributed by atoms with E-state index in [1.165, 1.54) is 30.0 Å². The molecule has 9 heteroatoms. The van der Waals surface area contributed by atoms with Gasteiger partial charge in [-0.15, -0.1) is 10.2 Å². The lowest BCUT2D eigenvalue weighted by Crippen LogP contribution is -2.45. The minimum atomic E-state index is -0.941. The first-order valence-corrected chi connectivity index (χ1v) is 9.07. The summed E-state index contributed by atoms with van der Waals surface area (Å²) in [5, 5.41) is 10.8. The van der Waals surface area contributed by atoms with Gasteiger partial charge in [0, 0.05) is 0 Å². The van der Waals surface area contributed by atoms with E-state index in [4.69, 9.17) is 0 Å². The first-order chi connectivity index (χ1) is 11.5. The largest absolute Gasteiger partial charge is 0.299 e. The molecule has 1 aromatic heterocycles. The molecule has 1 aliphatic rings. The van der Waals surface area contributed by atoms with Crippen molar-refractivity contribution in [3.05, 3.63) is 35.4 Å². The third kappa shape index (κ3) is 2.92. The zero-order valence-electron chi connectivity index (χ0n) is 13.0. The van der Waals surface area contributed by atoms with E-state index < -0.39 is 23.8 Å². The predicted molar refractivity (Wildman–Crippen MR) is 91.3 cm³/mol. The number of hydrogen-bond donors (Lipinski definition) is 1. The summed E-state index contributed by atoms with van der Waals surface area (Å²) in [7, 11) is 0. The van der Waals surface area contributed by atoms with Gasteiger partial charge >= 0.3 is 0 Å². The Bertz CT molecular complexity index is 786. The number of fused-ring (bicyclic) bond motifs is 1. The molecule has 1 N–H and O–H groups in total. The van der Waals surface area contributed by atoms with Crippen LogP contribution in [-0.2, 0) is 4.79 Å². The molecule has 0 spiro atoms. The monoisotopic (exact) mass is 362 g/mol.